The molecule has 0 aromatic carbocycles. The summed E-state index contributed by atoms with van der Waals surface area (Å²) in [4.78, 5) is 24.2. The molecule has 1 N–H and O–H groups in total. The highest BCUT2D eigenvalue weighted by Crippen LogP contribution is 2.35. The molecular formula is C9H14N2O2. The van der Waals surface area contributed by atoms with E-state index in [9.17, 15) is 9.59 Å². The summed E-state index contributed by atoms with van der Waals surface area (Å²) in [6.07, 6.45) is 4.14. The second kappa shape index (κ2) is 2.72. The molecule has 0 atom stereocenters. The lowest BCUT2D eigenvalue weighted by Crippen LogP contribution is -2.48. The van der Waals surface area contributed by atoms with Gasteiger partial charge in [-0.1, -0.05) is 12.8 Å². The van der Waals surface area contributed by atoms with Crippen molar-refractivity contribution in [2.45, 2.75) is 38.1 Å². The second-order valence-electron chi connectivity index (χ2n) is 4.09. The Kier molecular flexibility index (Phi) is 1.78. The fraction of sp³-hybridized carbons (Fsp3) is 0.778. The monoisotopic (exact) mass is 182 g/mol. The van der Waals surface area contributed by atoms with Gasteiger partial charge in [-0.05, 0) is 19.8 Å². The van der Waals surface area contributed by atoms with E-state index in [0.717, 1.165) is 25.7 Å². The Morgan fingerprint density at radius 3 is 2.38 bits per heavy atom. The van der Waals surface area contributed by atoms with Crippen molar-refractivity contribution in [3.8, 4) is 0 Å². The van der Waals surface area contributed by atoms with Crippen LogP contribution in [0.1, 0.15) is 32.6 Å². The Bertz CT molecular complexity index is 240. The first-order valence-electron chi connectivity index (χ1n) is 4.74. The van der Waals surface area contributed by atoms with Crippen molar-refractivity contribution in [3.05, 3.63) is 0 Å². The predicted octanol–water partition coefficient (Wildman–Crippen LogP) is 0.871. The van der Waals surface area contributed by atoms with E-state index >= 15 is 0 Å². The summed E-state index contributed by atoms with van der Waals surface area (Å²) < 4.78 is 0. The molecule has 1 heterocycles. The summed E-state index contributed by atoms with van der Waals surface area (Å²) in [6.45, 7) is 2.18. The summed E-state index contributed by atoms with van der Waals surface area (Å²) in [5.41, 5.74) is -0.211. The van der Waals surface area contributed by atoms with E-state index in [0.29, 0.717) is 0 Å². The smallest absolute Gasteiger partial charge is 0.325 e. The topological polar surface area (TPSA) is 49.4 Å². The summed E-state index contributed by atoms with van der Waals surface area (Å²) in [7, 11) is 0. The summed E-state index contributed by atoms with van der Waals surface area (Å²) in [6, 6.07) is -0.214. The van der Waals surface area contributed by atoms with Gasteiger partial charge in [-0.25, -0.2) is 4.79 Å². The third-order valence-electron chi connectivity index (χ3n) is 3.06. The van der Waals surface area contributed by atoms with Gasteiger partial charge in [0, 0.05) is 5.54 Å². The molecule has 0 bridgehead atoms. The van der Waals surface area contributed by atoms with E-state index in [1.807, 2.05) is 6.92 Å². The van der Waals surface area contributed by atoms with Crippen LogP contribution in [0.3, 0.4) is 0 Å². The lowest BCUT2D eigenvalue weighted by atomic mass is 9.98. The maximum absolute atomic E-state index is 11.4. The number of nitrogens with zero attached hydrogens (tertiary/aromatic N) is 1. The molecule has 1 saturated carbocycles. The van der Waals surface area contributed by atoms with Gasteiger partial charge in [0.25, 0.3) is 5.91 Å². The zero-order valence-corrected chi connectivity index (χ0v) is 7.80. The maximum Gasteiger partial charge on any atom is 0.325 e. The van der Waals surface area contributed by atoms with Crippen molar-refractivity contribution in [1.29, 1.82) is 0 Å². The van der Waals surface area contributed by atoms with Gasteiger partial charge < -0.3 is 5.32 Å². The number of carbonyl (C=O) groups excluding carboxylic acids is 2. The average Bonchev–Trinajstić information content (AvgIpc) is 2.60. The normalized spacial score (nSPS) is 26.7. The number of amides is 3. The standard InChI is InChI=1S/C9H14N2O2/c1-9(4-2-3-5-9)11-7(12)6-10-8(11)13/h2-6H2,1H3,(H,10,13). The Labute approximate surface area is 77.3 Å². The van der Waals surface area contributed by atoms with Crippen LogP contribution < -0.4 is 5.32 Å². The Hall–Kier alpha value is -1.06. The number of nitrogens with one attached hydrogen (secondary N) is 1. The molecule has 0 radical (unpaired) electrons. The zero-order chi connectivity index (χ0) is 9.47. The molecule has 13 heavy (non-hydrogen) atoms. The number of hydrogen-bond donors (Lipinski definition) is 1. The molecule has 0 aromatic heterocycles. The van der Waals surface area contributed by atoms with Gasteiger partial charge in [-0.2, -0.15) is 0 Å². The minimum atomic E-state index is -0.214. The van der Waals surface area contributed by atoms with Crippen LogP contribution in [-0.4, -0.2) is 28.9 Å². The van der Waals surface area contributed by atoms with Gasteiger partial charge in [0.2, 0.25) is 0 Å². The van der Waals surface area contributed by atoms with Crippen LogP contribution in [0, 0.1) is 0 Å². The van der Waals surface area contributed by atoms with Crippen LogP contribution in [0.5, 0.6) is 0 Å². The molecule has 0 spiro atoms. The fourth-order valence-electron chi connectivity index (χ4n) is 2.33. The Morgan fingerprint density at radius 2 is 1.92 bits per heavy atom. The minimum Gasteiger partial charge on any atom is -0.329 e. The van der Waals surface area contributed by atoms with E-state index in [1.165, 1.54) is 4.90 Å². The molecule has 2 aliphatic rings. The molecule has 2 rings (SSSR count). The molecule has 72 valence electrons. The van der Waals surface area contributed by atoms with E-state index in [2.05, 4.69) is 5.32 Å². The van der Waals surface area contributed by atoms with Gasteiger partial charge in [-0.15, -0.1) is 0 Å². The molecule has 0 aromatic rings. The summed E-state index contributed by atoms with van der Waals surface area (Å²) >= 11 is 0. The number of carbonyl (C=O) groups is 2. The van der Waals surface area contributed by atoms with Crippen molar-refractivity contribution in [2.24, 2.45) is 0 Å². The molecule has 1 saturated heterocycles. The van der Waals surface area contributed by atoms with Crippen molar-refractivity contribution >= 4 is 11.9 Å². The quantitative estimate of drug-likeness (QED) is 0.612. The lowest BCUT2D eigenvalue weighted by Gasteiger charge is -2.32. The van der Waals surface area contributed by atoms with E-state index in [-0.39, 0.29) is 24.0 Å². The first-order chi connectivity index (χ1) is 6.13. The van der Waals surface area contributed by atoms with Crippen molar-refractivity contribution in [2.75, 3.05) is 6.54 Å². The lowest BCUT2D eigenvalue weighted by molar-refractivity contribution is -0.128. The molecule has 1 aliphatic heterocycles. The molecule has 0 unspecified atom stereocenters. The molecule has 4 heteroatoms. The summed E-state index contributed by atoms with van der Waals surface area (Å²) in [5, 5.41) is 2.56. The second-order valence-corrected chi connectivity index (χ2v) is 4.09. The molecule has 1 aliphatic carbocycles. The zero-order valence-electron chi connectivity index (χ0n) is 7.80. The third-order valence-corrected chi connectivity index (χ3v) is 3.06. The van der Waals surface area contributed by atoms with Gasteiger partial charge >= 0.3 is 6.03 Å². The van der Waals surface area contributed by atoms with Crippen molar-refractivity contribution < 1.29 is 9.59 Å². The Balaban J connectivity index is 2.22. The summed E-state index contributed by atoms with van der Waals surface area (Å²) in [5.74, 6) is -0.0746. The first kappa shape index (κ1) is 8.53. The number of rotatable bonds is 1. The minimum absolute atomic E-state index is 0.0746. The number of urea groups is 1. The number of hydrogen-bond acceptors (Lipinski definition) is 2. The van der Waals surface area contributed by atoms with Gasteiger partial charge in [0.1, 0.15) is 0 Å². The van der Waals surface area contributed by atoms with Crippen LogP contribution >= 0.6 is 0 Å². The van der Waals surface area contributed by atoms with E-state index < -0.39 is 0 Å². The van der Waals surface area contributed by atoms with Crippen LogP contribution in [-0.2, 0) is 4.79 Å². The highest BCUT2D eigenvalue weighted by Gasteiger charge is 2.44. The number of imide groups is 1. The molecular weight excluding hydrogens is 168 g/mol. The van der Waals surface area contributed by atoms with Crippen LogP contribution in [0.15, 0.2) is 0 Å². The van der Waals surface area contributed by atoms with E-state index in [4.69, 9.17) is 0 Å². The Morgan fingerprint density at radius 1 is 1.31 bits per heavy atom. The van der Waals surface area contributed by atoms with Crippen molar-refractivity contribution in [1.82, 2.24) is 10.2 Å². The molecule has 4 nitrogen and oxygen atoms in total. The third kappa shape index (κ3) is 1.20. The van der Waals surface area contributed by atoms with Crippen LogP contribution in [0.4, 0.5) is 4.79 Å². The highest BCUT2D eigenvalue weighted by molar-refractivity contribution is 6.02. The predicted molar refractivity (Wildman–Crippen MR) is 47.1 cm³/mol. The SMILES string of the molecule is CC1(N2C(=O)CNC2=O)CCCC1. The highest BCUT2D eigenvalue weighted by atomic mass is 16.2. The fourth-order valence-corrected chi connectivity index (χ4v) is 2.33. The maximum atomic E-state index is 11.4. The van der Waals surface area contributed by atoms with E-state index in [1.54, 1.807) is 0 Å². The van der Waals surface area contributed by atoms with Gasteiger partial charge in [-0.3, -0.25) is 9.69 Å². The van der Waals surface area contributed by atoms with Crippen molar-refractivity contribution in [3.63, 3.8) is 0 Å². The average molecular weight is 182 g/mol. The molecule has 2 fully saturated rings. The van der Waals surface area contributed by atoms with Crippen LogP contribution in [0.25, 0.3) is 0 Å². The largest absolute Gasteiger partial charge is 0.329 e. The van der Waals surface area contributed by atoms with Crippen LogP contribution in [0.2, 0.25) is 0 Å². The first-order valence-corrected chi connectivity index (χ1v) is 4.74. The van der Waals surface area contributed by atoms with Gasteiger partial charge in [0.05, 0.1) is 6.54 Å². The van der Waals surface area contributed by atoms with Gasteiger partial charge in [0.15, 0.2) is 0 Å². The molecule has 3 amide bonds.